The fraction of sp³-hybridized carbons (Fsp3) is 0.316. The number of rotatable bonds is 4. The predicted molar refractivity (Wildman–Crippen MR) is 98.6 cm³/mol. The van der Waals surface area contributed by atoms with E-state index < -0.39 is 17.5 Å². The SMILES string of the molecule is O=C(NC1CCN(Cc2ccc(Cl)cc2)CC1)c1cc(F)c(F)cc1Cl. The average molecular weight is 399 g/mol. The number of hydrogen-bond acceptors (Lipinski definition) is 2. The molecule has 0 aliphatic carbocycles. The van der Waals surface area contributed by atoms with Crippen molar-refractivity contribution in [2.45, 2.75) is 25.4 Å². The lowest BCUT2D eigenvalue weighted by Gasteiger charge is -2.32. The van der Waals surface area contributed by atoms with Gasteiger partial charge in [0.2, 0.25) is 0 Å². The third kappa shape index (κ3) is 4.72. The van der Waals surface area contributed by atoms with Gasteiger partial charge in [0.15, 0.2) is 11.6 Å². The Balaban J connectivity index is 1.53. The number of amides is 1. The molecular weight excluding hydrogens is 381 g/mol. The van der Waals surface area contributed by atoms with Gasteiger partial charge in [0, 0.05) is 30.7 Å². The Morgan fingerprint density at radius 1 is 1.08 bits per heavy atom. The molecule has 3 nitrogen and oxygen atoms in total. The maximum absolute atomic E-state index is 13.4. The number of nitrogens with one attached hydrogen (secondary N) is 1. The summed E-state index contributed by atoms with van der Waals surface area (Å²) in [6, 6.07) is 9.38. The van der Waals surface area contributed by atoms with E-state index in [-0.39, 0.29) is 16.6 Å². The third-order valence-corrected chi connectivity index (χ3v) is 5.06. The summed E-state index contributed by atoms with van der Waals surface area (Å²) in [7, 11) is 0. The number of carbonyl (C=O) groups is 1. The molecule has 0 unspecified atom stereocenters. The molecule has 0 atom stereocenters. The van der Waals surface area contributed by atoms with Crippen LogP contribution in [-0.2, 0) is 6.54 Å². The minimum Gasteiger partial charge on any atom is -0.349 e. The van der Waals surface area contributed by atoms with Gasteiger partial charge < -0.3 is 5.32 Å². The lowest BCUT2D eigenvalue weighted by Crippen LogP contribution is -2.44. The van der Waals surface area contributed by atoms with Gasteiger partial charge in [0.1, 0.15) is 0 Å². The van der Waals surface area contributed by atoms with E-state index in [2.05, 4.69) is 10.2 Å². The number of benzene rings is 2. The molecule has 1 N–H and O–H groups in total. The third-order valence-electron chi connectivity index (χ3n) is 4.50. The van der Waals surface area contributed by atoms with Gasteiger partial charge in [-0.25, -0.2) is 8.78 Å². The molecule has 2 aromatic rings. The summed E-state index contributed by atoms with van der Waals surface area (Å²) in [5.74, 6) is -2.63. The van der Waals surface area contributed by atoms with Crippen LogP contribution in [0.15, 0.2) is 36.4 Å². The molecule has 3 rings (SSSR count). The number of piperidine rings is 1. The highest BCUT2D eigenvalue weighted by Gasteiger charge is 2.23. The Hall–Kier alpha value is -1.69. The average Bonchev–Trinajstić information content (AvgIpc) is 2.61. The summed E-state index contributed by atoms with van der Waals surface area (Å²) in [5, 5.41) is 3.48. The normalized spacial score (nSPS) is 15.8. The van der Waals surface area contributed by atoms with Crippen molar-refractivity contribution in [2.75, 3.05) is 13.1 Å². The van der Waals surface area contributed by atoms with E-state index in [0.717, 1.165) is 44.6 Å². The smallest absolute Gasteiger partial charge is 0.253 e. The topological polar surface area (TPSA) is 32.3 Å². The van der Waals surface area contributed by atoms with Gasteiger partial charge in [-0.05, 0) is 42.7 Å². The minimum absolute atomic E-state index is 0.0202. The van der Waals surface area contributed by atoms with Crippen LogP contribution in [0.4, 0.5) is 8.78 Å². The van der Waals surface area contributed by atoms with E-state index in [0.29, 0.717) is 5.02 Å². The molecule has 0 radical (unpaired) electrons. The summed E-state index contributed by atoms with van der Waals surface area (Å²) < 4.78 is 26.5. The lowest BCUT2D eigenvalue weighted by molar-refractivity contribution is 0.0908. The zero-order valence-electron chi connectivity index (χ0n) is 13.9. The number of halogens is 4. The first-order chi connectivity index (χ1) is 12.4. The van der Waals surface area contributed by atoms with Crippen LogP contribution in [-0.4, -0.2) is 29.9 Å². The van der Waals surface area contributed by atoms with Crippen LogP contribution in [0, 0.1) is 11.6 Å². The molecule has 0 saturated carbocycles. The molecule has 2 aromatic carbocycles. The standard InChI is InChI=1S/C19H18Cl2F2N2O/c20-13-3-1-12(2-4-13)11-25-7-5-14(6-8-25)24-19(26)15-9-17(22)18(23)10-16(15)21/h1-4,9-10,14H,5-8,11H2,(H,24,26). The van der Waals surface area contributed by atoms with Gasteiger partial charge in [-0.15, -0.1) is 0 Å². The fourth-order valence-corrected chi connectivity index (χ4v) is 3.41. The zero-order valence-corrected chi connectivity index (χ0v) is 15.5. The largest absolute Gasteiger partial charge is 0.349 e. The molecule has 1 saturated heterocycles. The molecule has 1 aliphatic rings. The molecule has 1 fully saturated rings. The van der Waals surface area contributed by atoms with Gasteiger partial charge >= 0.3 is 0 Å². The number of hydrogen-bond donors (Lipinski definition) is 1. The Morgan fingerprint density at radius 2 is 1.69 bits per heavy atom. The second-order valence-corrected chi connectivity index (χ2v) is 7.24. The van der Waals surface area contributed by atoms with Gasteiger partial charge in [0.25, 0.3) is 5.91 Å². The van der Waals surface area contributed by atoms with Crippen LogP contribution in [0.3, 0.4) is 0 Å². The first kappa shape index (κ1) is 19.1. The van der Waals surface area contributed by atoms with Crippen LogP contribution in [0.5, 0.6) is 0 Å². The summed E-state index contributed by atoms with van der Waals surface area (Å²) >= 11 is 11.7. The Kier molecular flexibility index (Phi) is 6.12. The van der Waals surface area contributed by atoms with Crippen molar-refractivity contribution in [2.24, 2.45) is 0 Å². The maximum atomic E-state index is 13.4. The highest BCUT2D eigenvalue weighted by atomic mass is 35.5. The Bertz CT molecular complexity index is 791. The lowest BCUT2D eigenvalue weighted by atomic mass is 10.0. The van der Waals surface area contributed by atoms with Crippen LogP contribution in [0.2, 0.25) is 10.0 Å². The molecule has 138 valence electrons. The van der Waals surface area contributed by atoms with Gasteiger partial charge in [-0.2, -0.15) is 0 Å². The molecular formula is C19H18Cl2F2N2O. The van der Waals surface area contributed by atoms with Crippen LogP contribution in [0.1, 0.15) is 28.8 Å². The second-order valence-electron chi connectivity index (χ2n) is 6.40. The highest BCUT2D eigenvalue weighted by molar-refractivity contribution is 6.33. The monoisotopic (exact) mass is 398 g/mol. The minimum atomic E-state index is -1.09. The summed E-state index contributed by atoms with van der Waals surface area (Å²) in [5.41, 5.74) is 1.14. The Labute approximate surface area is 160 Å². The molecule has 1 aliphatic heterocycles. The first-order valence-corrected chi connectivity index (χ1v) is 9.10. The van der Waals surface area contributed by atoms with Crippen molar-refractivity contribution in [1.82, 2.24) is 10.2 Å². The fourth-order valence-electron chi connectivity index (χ4n) is 3.04. The van der Waals surface area contributed by atoms with E-state index in [9.17, 15) is 13.6 Å². The quantitative estimate of drug-likeness (QED) is 0.759. The molecule has 0 aromatic heterocycles. The van der Waals surface area contributed by atoms with E-state index in [1.54, 1.807) is 0 Å². The van der Waals surface area contributed by atoms with E-state index in [4.69, 9.17) is 23.2 Å². The summed E-state index contributed by atoms with van der Waals surface area (Å²) in [6.07, 6.45) is 1.56. The molecule has 1 heterocycles. The van der Waals surface area contributed by atoms with Crippen LogP contribution >= 0.6 is 23.2 Å². The van der Waals surface area contributed by atoms with Crippen molar-refractivity contribution in [3.05, 3.63) is 69.2 Å². The van der Waals surface area contributed by atoms with Crippen molar-refractivity contribution in [3.63, 3.8) is 0 Å². The van der Waals surface area contributed by atoms with Crippen molar-refractivity contribution < 1.29 is 13.6 Å². The van der Waals surface area contributed by atoms with Crippen LogP contribution in [0.25, 0.3) is 0 Å². The molecule has 1 amide bonds. The highest BCUT2D eigenvalue weighted by Crippen LogP contribution is 2.21. The maximum Gasteiger partial charge on any atom is 0.253 e. The Morgan fingerprint density at radius 3 is 2.35 bits per heavy atom. The summed E-state index contributed by atoms with van der Waals surface area (Å²) in [4.78, 5) is 14.6. The van der Waals surface area contributed by atoms with Crippen molar-refractivity contribution in [1.29, 1.82) is 0 Å². The van der Waals surface area contributed by atoms with Crippen LogP contribution < -0.4 is 5.32 Å². The molecule has 0 bridgehead atoms. The number of nitrogens with zero attached hydrogens (tertiary/aromatic N) is 1. The van der Waals surface area contributed by atoms with E-state index in [1.165, 1.54) is 5.56 Å². The van der Waals surface area contributed by atoms with Crippen molar-refractivity contribution >= 4 is 29.1 Å². The molecule has 0 spiro atoms. The van der Waals surface area contributed by atoms with E-state index >= 15 is 0 Å². The first-order valence-electron chi connectivity index (χ1n) is 8.34. The number of likely N-dealkylation sites (tertiary alicyclic amines) is 1. The molecule has 26 heavy (non-hydrogen) atoms. The van der Waals surface area contributed by atoms with E-state index in [1.807, 2.05) is 24.3 Å². The molecule has 7 heteroatoms. The zero-order chi connectivity index (χ0) is 18.7. The summed E-state index contributed by atoms with van der Waals surface area (Å²) in [6.45, 7) is 2.49. The number of carbonyl (C=O) groups excluding carboxylic acids is 1. The predicted octanol–water partition coefficient (Wildman–Crippen LogP) is 4.67. The van der Waals surface area contributed by atoms with Gasteiger partial charge in [-0.3, -0.25) is 9.69 Å². The second kappa shape index (κ2) is 8.33. The van der Waals surface area contributed by atoms with Crippen molar-refractivity contribution in [3.8, 4) is 0 Å². The van der Waals surface area contributed by atoms with Gasteiger partial charge in [0.05, 0.1) is 10.6 Å². The van der Waals surface area contributed by atoms with Gasteiger partial charge in [-0.1, -0.05) is 35.3 Å².